The average molecular weight is 290 g/mol. The highest BCUT2D eigenvalue weighted by atomic mass is 16.6. The number of aliphatic hydroxyl groups is 1. The maximum absolute atomic E-state index is 10.3. The maximum Gasteiger partial charge on any atom is 0.0973 e. The molecule has 1 saturated carbocycles. The van der Waals surface area contributed by atoms with Crippen LogP contribution in [0.15, 0.2) is 30.3 Å². The summed E-state index contributed by atoms with van der Waals surface area (Å²) < 4.78 is 11.4. The highest BCUT2D eigenvalue weighted by Gasteiger charge is 2.59. The van der Waals surface area contributed by atoms with Gasteiger partial charge in [0.15, 0.2) is 0 Å². The SMILES string of the molecule is CO[C@@H]1[C@H](O)CC[C@]2(CO2)[C@H]1C(C)CCc1ccccc1. The molecule has 1 aromatic rings. The summed E-state index contributed by atoms with van der Waals surface area (Å²) >= 11 is 0. The molecule has 1 aliphatic carbocycles. The molecule has 1 saturated heterocycles. The maximum atomic E-state index is 10.3. The molecular weight excluding hydrogens is 264 g/mol. The van der Waals surface area contributed by atoms with Gasteiger partial charge in [0.05, 0.1) is 24.4 Å². The molecule has 1 N–H and O–H groups in total. The first-order valence-electron chi connectivity index (χ1n) is 8.05. The summed E-state index contributed by atoms with van der Waals surface area (Å²) in [6.07, 6.45) is 3.49. The van der Waals surface area contributed by atoms with E-state index in [2.05, 4.69) is 37.3 Å². The normalized spacial score (nSPS) is 36.6. The average Bonchev–Trinajstić information content (AvgIpc) is 3.28. The van der Waals surface area contributed by atoms with Crippen molar-refractivity contribution in [3.05, 3.63) is 35.9 Å². The van der Waals surface area contributed by atoms with Gasteiger partial charge in [0.1, 0.15) is 0 Å². The van der Waals surface area contributed by atoms with Gasteiger partial charge in [-0.05, 0) is 37.2 Å². The fourth-order valence-electron chi connectivity index (χ4n) is 4.06. The quantitative estimate of drug-likeness (QED) is 0.848. The lowest BCUT2D eigenvalue weighted by molar-refractivity contribution is -0.112. The third-order valence-corrected chi connectivity index (χ3v) is 5.34. The van der Waals surface area contributed by atoms with E-state index in [0.29, 0.717) is 11.8 Å². The van der Waals surface area contributed by atoms with Crippen molar-refractivity contribution in [3.63, 3.8) is 0 Å². The van der Waals surface area contributed by atoms with E-state index in [4.69, 9.17) is 9.47 Å². The minimum atomic E-state index is -0.353. The highest BCUT2D eigenvalue weighted by Crippen LogP contribution is 2.50. The van der Waals surface area contributed by atoms with Crippen LogP contribution in [0.25, 0.3) is 0 Å². The fourth-order valence-corrected chi connectivity index (χ4v) is 4.06. The van der Waals surface area contributed by atoms with Crippen molar-refractivity contribution in [3.8, 4) is 0 Å². The van der Waals surface area contributed by atoms with E-state index in [-0.39, 0.29) is 17.8 Å². The minimum Gasteiger partial charge on any atom is -0.390 e. The van der Waals surface area contributed by atoms with Crippen LogP contribution in [-0.2, 0) is 15.9 Å². The summed E-state index contributed by atoms with van der Waals surface area (Å²) in [5, 5.41) is 10.3. The van der Waals surface area contributed by atoms with Crippen LogP contribution >= 0.6 is 0 Å². The number of epoxide rings is 1. The molecule has 1 aromatic carbocycles. The van der Waals surface area contributed by atoms with E-state index in [9.17, 15) is 5.11 Å². The molecule has 5 atom stereocenters. The van der Waals surface area contributed by atoms with Crippen LogP contribution in [0, 0.1) is 11.8 Å². The van der Waals surface area contributed by atoms with E-state index >= 15 is 0 Å². The van der Waals surface area contributed by atoms with Gasteiger partial charge in [-0.2, -0.15) is 0 Å². The van der Waals surface area contributed by atoms with Gasteiger partial charge >= 0.3 is 0 Å². The number of hydrogen-bond donors (Lipinski definition) is 1. The van der Waals surface area contributed by atoms with Crippen molar-refractivity contribution in [2.75, 3.05) is 13.7 Å². The van der Waals surface area contributed by atoms with Crippen LogP contribution in [0.4, 0.5) is 0 Å². The van der Waals surface area contributed by atoms with Crippen LogP contribution in [0.1, 0.15) is 31.7 Å². The first kappa shape index (κ1) is 15.0. The molecule has 0 bridgehead atoms. The third-order valence-electron chi connectivity index (χ3n) is 5.34. The largest absolute Gasteiger partial charge is 0.390 e. The van der Waals surface area contributed by atoms with Crippen molar-refractivity contribution >= 4 is 0 Å². The fraction of sp³-hybridized carbons (Fsp3) is 0.667. The van der Waals surface area contributed by atoms with Gasteiger partial charge in [-0.3, -0.25) is 0 Å². The van der Waals surface area contributed by atoms with Gasteiger partial charge < -0.3 is 14.6 Å². The van der Waals surface area contributed by atoms with Crippen LogP contribution in [0.3, 0.4) is 0 Å². The number of hydrogen-bond acceptors (Lipinski definition) is 3. The molecule has 116 valence electrons. The highest BCUT2D eigenvalue weighted by molar-refractivity contribution is 5.15. The lowest BCUT2D eigenvalue weighted by atomic mass is 9.68. The zero-order chi connectivity index (χ0) is 14.9. The zero-order valence-corrected chi connectivity index (χ0v) is 13.0. The Kier molecular flexibility index (Phi) is 4.34. The second-order valence-corrected chi connectivity index (χ2v) is 6.69. The number of ether oxygens (including phenoxy) is 2. The van der Waals surface area contributed by atoms with Gasteiger partial charge in [0, 0.05) is 13.0 Å². The first-order valence-corrected chi connectivity index (χ1v) is 8.05. The Morgan fingerprint density at radius 1 is 1.38 bits per heavy atom. The van der Waals surface area contributed by atoms with Gasteiger partial charge in [0.2, 0.25) is 0 Å². The Labute approximate surface area is 127 Å². The van der Waals surface area contributed by atoms with Gasteiger partial charge in [-0.1, -0.05) is 37.3 Å². The monoisotopic (exact) mass is 290 g/mol. The molecule has 0 amide bonds. The molecule has 3 heteroatoms. The predicted octanol–water partition coefficient (Wildman–Crippen LogP) is 2.81. The third kappa shape index (κ3) is 3.01. The van der Waals surface area contributed by atoms with Crippen LogP contribution in [0.5, 0.6) is 0 Å². The summed E-state index contributed by atoms with van der Waals surface area (Å²) in [6, 6.07) is 10.6. The summed E-state index contributed by atoms with van der Waals surface area (Å²) in [5.41, 5.74) is 1.36. The van der Waals surface area contributed by atoms with E-state index < -0.39 is 0 Å². The molecular formula is C18H26O3. The summed E-state index contributed by atoms with van der Waals surface area (Å²) in [6.45, 7) is 3.11. The van der Waals surface area contributed by atoms with Gasteiger partial charge in [-0.25, -0.2) is 0 Å². The minimum absolute atomic E-state index is 0.0178. The Morgan fingerprint density at radius 2 is 2.10 bits per heavy atom. The van der Waals surface area contributed by atoms with E-state index in [0.717, 1.165) is 32.3 Å². The smallest absolute Gasteiger partial charge is 0.0973 e. The molecule has 1 aliphatic heterocycles. The topological polar surface area (TPSA) is 42.0 Å². The van der Waals surface area contributed by atoms with Gasteiger partial charge in [-0.15, -0.1) is 0 Å². The molecule has 1 heterocycles. The number of methoxy groups -OCH3 is 1. The summed E-state index contributed by atoms with van der Waals surface area (Å²) in [5.74, 6) is 0.780. The number of rotatable bonds is 5. The summed E-state index contributed by atoms with van der Waals surface area (Å²) in [7, 11) is 1.71. The van der Waals surface area contributed by atoms with E-state index in [1.165, 1.54) is 5.56 Å². The van der Waals surface area contributed by atoms with E-state index in [1.54, 1.807) is 7.11 Å². The Bertz CT molecular complexity index is 455. The predicted molar refractivity (Wildman–Crippen MR) is 82.1 cm³/mol. The first-order chi connectivity index (χ1) is 10.2. The van der Waals surface area contributed by atoms with Gasteiger partial charge in [0.25, 0.3) is 0 Å². The molecule has 2 aliphatic rings. The number of aryl methyl sites for hydroxylation is 1. The molecule has 3 nitrogen and oxygen atoms in total. The standard InChI is InChI=1S/C18H26O3/c1-13(8-9-14-6-4-3-5-7-14)16-17(20-2)15(19)10-11-18(16)12-21-18/h3-7,13,15-17,19H,8-12H2,1-2H3/t13?,15-,16+,17-,18+/m1/s1. The zero-order valence-electron chi connectivity index (χ0n) is 13.0. The Balaban J connectivity index is 1.67. The molecule has 1 unspecified atom stereocenters. The molecule has 21 heavy (non-hydrogen) atoms. The molecule has 3 rings (SSSR count). The second kappa shape index (κ2) is 6.07. The molecule has 0 aromatic heterocycles. The van der Waals surface area contributed by atoms with Crippen molar-refractivity contribution in [1.82, 2.24) is 0 Å². The van der Waals surface area contributed by atoms with Crippen molar-refractivity contribution < 1.29 is 14.6 Å². The van der Waals surface area contributed by atoms with Crippen molar-refractivity contribution in [2.45, 2.75) is 50.4 Å². The van der Waals surface area contributed by atoms with Crippen molar-refractivity contribution in [1.29, 1.82) is 0 Å². The molecule has 1 spiro atoms. The molecule has 0 radical (unpaired) electrons. The van der Waals surface area contributed by atoms with Crippen LogP contribution < -0.4 is 0 Å². The van der Waals surface area contributed by atoms with E-state index in [1.807, 2.05) is 0 Å². The molecule has 2 fully saturated rings. The lowest BCUT2D eigenvalue weighted by Gasteiger charge is -2.42. The van der Waals surface area contributed by atoms with Crippen molar-refractivity contribution in [2.24, 2.45) is 11.8 Å². The van der Waals surface area contributed by atoms with Crippen LogP contribution in [0.2, 0.25) is 0 Å². The van der Waals surface area contributed by atoms with Crippen LogP contribution in [-0.4, -0.2) is 36.6 Å². The Morgan fingerprint density at radius 3 is 2.71 bits per heavy atom. The number of aliphatic hydroxyl groups excluding tert-OH is 1. The number of benzene rings is 1. The summed E-state index contributed by atoms with van der Waals surface area (Å²) in [4.78, 5) is 0. The lowest BCUT2D eigenvalue weighted by Crippen LogP contribution is -2.51. The second-order valence-electron chi connectivity index (χ2n) is 6.69. The Hall–Kier alpha value is -0.900.